The maximum atomic E-state index is 6.45. The molecular weight excluding hydrogens is 320 g/mol. The monoisotopic (exact) mass is 340 g/mol. The Bertz CT molecular complexity index is 806. The third kappa shape index (κ3) is 2.23. The standard InChI is InChI=1S/C19H20N2O2S/c1-12-7-9-13(10-8-12)21-18(24)20-15-11-19(21,2)23-17-14(15)5-4-6-16(17)22-3/h4-10,15H,11H2,1-3H3,(H,20,24)/t15-,19+/m1/s1. The van der Waals surface area contributed by atoms with Gasteiger partial charge in [0.1, 0.15) is 0 Å². The SMILES string of the molecule is COc1cccc2c1O[C@@]1(C)C[C@H]2NC(=S)N1c1ccc(C)cc1. The van der Waals surface area contributed by atoms with E-state index in [4.69, 9.17) is 21.7 Å². The Kier molecular flexibility index (Phi) is 3.42. The number of rotatable bonds is 2. The molecule has 0 saturated carbocycles. The minimum absolute atomic E-state index is 0.128. The van der Waals surface area contributed by atoms with Crippen LogP contribution in [0.1, 0.15) is 30.5 Å². The highest BCUT2D eigenvalue weighted by Gasteiger charge is 2.49. The summed E-state index contributed by atoms with van der Waals surface area (Å²) in [6.45, 7) is 4.16. The van der Waals surface area contributed by atoms with Crippen LogP contribution in [0.3, 0.4) is 0 Å². The van der Waals surface area contributed by atoms with E-state index >= 15 is 0 Å². The molecule has 5 heteroatoms. The van der Waals surface area contributed by atoms with E-state index in [1.807, 2.05) is 12.1 Å². The molecule has 0 aliphatic carbocycles. The van der Waals surface area contributed by atoms with Crippen LogP contribution in [-0.2, 0) is 0 Å². The fourth-order valence-electron chi connectivity index (χ4n) is 3.61. The van der Waals surface area contributed by atoms with Crippen LogP contribution in [0, 0.1) is 6.92 Å². The smallest absolute Gasteiger partial charge is 0.188 e. The third-order valence-corrected chi connectivity index (χ3v) is 5.08. The van der Waals surface area contributed by atoms with E-state index in [9.17, 15) is 0 Å². The average Bonchev–Trinajstić information content (AvgIpc) is 2.55. The van der Waals surface area contributed by atoms with Crippen LogP contribution in [0.4, 0.5) is 5.69 Å². The van der Waals surface area contributed by atoms with Crippen molar-refractivity contribution in [2.24, 2.45) is 0 Å². The number of nitrogens with zero attached hydrogens (tertiary/aromatic N) is 1. The molecule has 0 unspecified atom stereocenters. The van der Waals surface area contributed by atoms with E-state index in [0.29, 0.717) is 5.11 Å². The normalized spacial score (nSPS) is 24.7. The number of fused-ring (bicyclic) bond motifs is 4. The van der Waals surface area contributed by atoms with Gasteiger partial charge in [-0.1, -0.05) is 29.8 Å². The second-order valence-corrected chi connectivity index (χ2v) is 6.92. The Balaban J connectivity index is 1.81. The van der Waals surface area contributed by atoms with Crippen LogP contribution in [0.5, 0.6) is 11.5 Å². The number of hydrogen-bond donors (Lipinski definition) is 1. The molecule has 1 fully saturated rings. The number of benzene rings is 2. The molecule has 2 bridgehead atoms. The van der Waals surface area contributed by atoms with Gasteiger partial charge in [0.05, 0.1) is 13.2 Å². The van der Waals surface area contributed by atoms with Gasteiger partial charge in [-0.05, 0) is 44.3 Å². The van der Waals surface area contributed by atoms with Gasteiger partial charge in [-0.25, -0.2) is 0 Å². The molecule has 1 N–H and O–H groups in total. The molecule has 2 atom stereocenters. The number of para-hydroxylation sites is 1. The lowest BCUT2D eigenvalue weighted by atomic mass is 9.90. The summed E-state index contributed by atoms with van der Waals surface area (Å²) in [6, 6.07) is 14.4. The van der Waals surface area contributed by atoms with Crippen LogP contribution in [0.25, 0.3) is 0 Å². The molecule has 2 heterocycles. The van der Waals surface area contributed by atoms with E-state index in [1.54, 1.807) is 7.11 Å². The van der Waals surface area contributed by atoms with Gasteiger partial charge < -0.3 is 14.8 Å². The first kappa shape index (κ1) is 15.3. The lowest BCUT2D eigenvalue weighted by Gasteiger charge is -2.52. The van der Waals surface area contributed by atoms with Crippen molar-refractivity contribution >= 4 is 23.0 Å². The minimum atomic E-state index is -0.552. The van der Waals surface area contributed by atoms with Crippen LogP contribution in [-0.4, -0.2) is 17.9 Å². The second-order valence-electron chi connectivity index (χ2n) is 6.53. The lowest BCUT2D eigenvalue weighted by Crippen LogP contribution is -2.65. The summed E-state index contributed by atoms with van der Waals surface area (Å²) in [5, 5.41) is 4.15. The van der Waals surface area contributed by atoms with Crippen molar-refractivity contribution in [3.63, 3.8) is 0 Å². The molecule has 2 aromatic rings. The summed E-state index contributed by atoms with van der Waals surface area (Å²) in [6.07, 6.45) is 0.807. The van der Waals surface area contributed by atoms with E-state index < -0.39 is 5.72 Å². The van der Waals surface area contributed by atoms with Gasteiger partial charge in [-0.2, -0.15) is 0 Å². The molecule has 0 aromatic heterocycles. The van der Waals surface area contributed by atoms with Crippen LogP contribution < -0.4 is 19.7 Å². The van der Waals surface area contributed by atoms with Gasteiger partial charge in [-0.15, -0.1) is 0 Å². The first-order valence-electron chi connectivity index (χ1n) is 8.05. The fourth-order valence-corrected chi connectivity index (χ4v) is 4.05. The molecule has 24 heavy (non-hydrogen) atoms. The van der Waals surface area contributed by atoms with Crippen molar-refractivity contribution in [1.29, 1.82) is 0 Å². The molecule has 2 aromatic carbocycles. The summed E-state index contributed by atoms with van der Waals surface area (Å²) >= 11 is 5.66. The Hall–Kier alpha value is -2.27. The number of thiocarbonyl (C=S) groups is 1. The molecule has 0 spiro atoms. The van der Waals surface area contributed by atoms with Crippen molar-refractivity contribution in [1.82, 2.24) is 5.32 Å². The molecular formula is C19H20N2O2S. The number of anilines is 1. The molecule has 4 rings (SSSR count). The molecule has 0 radical (unpaired) electrons. The van der Waals surface area contributed by atoms with Crippen LogP contribution in [0.2, 0.25) is 0 Å². The number of methoxy groups -OCH3 is 1. The van der Waals surface area contributed by atoms with E-state index in [1.165, 1.54) is 5.56 Å². The van der Waals surface area contributed by atoms with Crippen molar-refractivity contribution in [3.8, 4) is 11.5 Å². The van der Waals surface area contributed by atoms with E-state index in [2.05, 4.69) is 54.4 Å². The number of hydrogen-bond acceptors (Lipinski definition) is 3. The summed E-state index contributed by atoms with van der Waals surface area (Å²) in [5.41, 5.74) is 2.79. The fraction of sp³-hybridized carbons (Fsp3) is 0.316. The largest absolute Gasteiger partial charge is 0.493 e. The van der Waals surface area contributed by atoms with Crippen molar-refractivity contribution in [3.05, 3.63) is 53.6 Å². The Morgan fingerprint density at radius 2 is 2.00 bits per heavy atom. The van der Waals surface area contributed by atoms with E-state index in [0.717, 1.165) is 29.2 Å². The highest BCUT2D eigenvalue weighted by molar-refractivity contribution is 7.80. The summed E-state index contributed by atoms with van der Waals surface area (Å²) in [7, 11) is 1.67. The van der Waals surface area contributed by atoms with E-state index in [-0.39, 0.29) is 6.04 Å². The molecule has 2 aliphatic rings. The number of nitrogens with one attached hydrogen (secondary N) is 1. The Morgan fingerprint density at radius 1 is 1.25 bits per heavy atom. The second kappa shape index (κ2) is 5.38. The van der Waals surface area contributed by atoms with Crippen molar-refractivity contribution in [2.75, 3.05) is 12.0 Å². The van der Waals surface area contributed by atoms with Gasteiger partial charge in [0.25, 0.3) is 0 Å². The van der Waals surface area contributed by atoms with Crippen LogP contribution in [0.15, 0.2) is 42.5 Å². The first-order valence-corrected chi connectivity index (χ1v) is 8.46. The van der Waals surface area contributed by atoms with Gasteiger partial charge in [0.15, 0.2) is 22.3 Å². The zero-order valence-corrected chi connectivity index (χ0v) is 14.8. The average molecular weight is 340 g/mol. The lowest BCUT2D eigenvalue weighted by molar-refractivity contribution is 0.0464. The zero-order chi connectivity index (χ0) is 16.9. The highest BCUT2D eigenvalue weighted by Crippen LogP contribution is 2.48. The van der Waals surface area contributed by atoms with Crippen molar-refractivity contribution < 1.29 is 9.47 Å². The highest BCUT2D eigenvalue weighted by atomic mass is 32.1. The number of aryl methyl sites for hydroxylation is 1. The molecule has 1 saturated heterocycles. The quantitative estimate of drug-likeness (QED) is 0.838. The first-order chi connectivity index (χ1) is 11.5. The zero-order valence-electron chi connectivity index (χ0n) is 14.0. The summed E-state index contributed by atoms with van der Waals surface area (Å²) in [5.74, 6) is 1.55. The molecule has 2 aliphatic heterocycles. The molecule has 124 valence electrons. The van der Waals surface area contributed by atoms with Gasteiger partial charge in [-0.3, -0.25) is 4.90 Å². The minimum Gasteiger partial charge on any atom is -0.493 e. The maximum absolute atomic E-state index is 6.45. The predicted octanol–water partition coefficient (Wildman–Crippen LogP) is 3.94. The van der Waals surface area contributed by atoms with Gasteiger partial charge in [0.2, 0.25) is 0 Å². The van der Waals surface area contributed by atoms with Crippen LogP contribution >= 0.6 is 12.2 Å². The summed E-state index contributed by atoms with van der Waals surface area (Å²) < 4.78 is 12.0. The Morgan fingerprint density at radius 3 is 2.71 bits per heavy atom. The van der Waals surface area contributed by atoms with Gasteiger partial charge >= 0.3 is 0 Å². The topological polar surface area (TPSA) is 33.7 Å². The predicted molar refractivity (Wildman–Crippen MR) is 98.8 cm³/mol. The molecule has 0 amide bonds. The maximum Gasteiger partial charge on any atom is 0.188 e. The third-order valence-electron chi connectivity index (χ3n) is 4.78. The van der Waals surface area contributed by atoms with Crippen molar-refractivity contribution in [2.45, 2.75) is 32.0 Å². The molecule has 4 nitrogen and oxygen atoms in total. The summed E-state index contributed by atoms with van der Waals surface area (Å²) in [4.78, 5) is 2.06. The van der Waals surface area contributed by atoms with Gasteiger partial charge in [0, 0.05) is 17.7 Å². The Labute approximate surface area is 147 Å². The number of ether oxygens (including phenoxy) is 2.